The zero-order chi connectivity index (χ0) is 13.2. The maximum atomic E-state index is 12.7. The molecular weight excluding hydrogens is 268 g/mol. The fraction of sp³-hybridized carbons (Fsp3) is 0.154. The van der Waals surface area contributed by atoms with Crippen LogP contribution in [0.25, 0.3) is 10.1 Å². The molecule has 0 amide bonds. The summed E-state index contributed by atoms with van der Waals surface area (Å²) in [7, 11) is 0. The Hall–Kier alpha value is -1.95. The number of benzene rings is 1. The number of alkyl halides is 2. The molecule has 0 aliphatic rings. The molecule has 0 radical (unpaired) electrons. The van der Waals surface area contributed by atoms with Gasteiger partial charge in [-0.1, -0.05) is 12.1 Å². The second-order valence-corrected chi connectivity index (χ2v) is 4.94. The summed E-state index contributed by atoms with van der Waals surface area (Å²) in [6, 6.07) is 7.94. The standard InChI is InChI=1S/C13H11F2N3S/c14-13(15)18-6-5-16-11(18)8-17-10-3-1-2-9-4-7-19-12(9)10/h1-7,13,17H,8H2. The van der Waals surface area contributed by atoms with Crippen LogP contribution in [0, 0.1) is 0 Å². The molecule has 2 aromatic heterocycles. The first-order valence-corrected chi connectivity index (χ1v) is 6.63. The smallest absolute Gasteiger partial charge is 0.319 e. The first-order chi connectivity index (χ1) is 9.25. The number of halogens is 2. The molecule has 0 aliphatic heterocycles. The van der Waals surface area contributed by atoms with E-state index in [1.165, 1.54) is 12.4 Å². The number of fused-ring (bicyclic) bond motifs is 1. The quantitative estimate of drug-likeness (QED) is 0.779. The molecule has 1 aromatic carbocycles. The summed E-state index contributed by atoms with van der Waals surface area (Å²) in [5.74, 6) is 0.323. The van der Waals surface area contributed by atoms with Crippen molar-refractivity contribution in [2.24, 2.45) is 0 Å². The lowest BCUT2D eigenvalue weighted by Gasteiger charge is -2.09. The van der Waals surface area contributed by atoms with E-state index in [9.17, 15) is 8.78 Å². The highest BCUT2D eigenvalue weighted by molar-refractivity contribution is 7.17. The number of hydrogen-bond donors (Lipinski definition) is 1. The maximum absolute atomic E-state index is 12.7. The number of nitrogens with one attached hydrogen (secondary N) is 1. The molecule has 19 heavy (non-hydrogen) atoms. The van der Waals surface area contributed by atoms with Crippen LogP contribution >= 0.6 is 11.3 Å². The van der Waals surface area contributed by atoms with Gasteiger partial charge in [0.2, 0.25) is 0 Å². The Balaban J connectivity index is 1.82. The minimum Gasteiger partial charge on any atom is -0.377 e. The van der Waals surface area contributed by atoms with E-state index in [-0.39, 0.29) is 6.54 Å². The van der Waals surface area contributed by atoms with E-state index < -0.39 is 6.55 Å². The number of imidazole rings is 1. The average Bonchev–Trinajstić information content (AvgIpc) is 3.04. The van der Waals surface area contributed by atoms with E-state index in [1.807, 2.05) is 29.6 Å². The minimum absolute atomic E-state index is 0.272. The third-order valence-electron chi connectivity index (χ3n) is 2.88. The van der Waals surface area contributed by atoms with Crippen molar-refractivity contribution in [2.45, 2.75) is 13.1 Å². The Morgan fingerprint density at radius 1 is 1.32 bits per heavy atom. The summed E-state index contributed by atoms with van der Waals surface area (Å²) in [6.45, 7) is -2.29. The van der Waals surface area contributed by atoms with Gasteiger partial charge in [0, 0.05) is 12.4 Å². The molecule has 1 N–H and O–H groups in total. The number of anilines is 1. The van der Waals surface area contributed by atoms with E-state index in [4.69, 9.17) is 0 Å². The number of hydrogen-bond acceptors (Lipinski definition) is 3. The van der Waals surface area contributed by atoms with Crippen LogP contribution in [-0.2, 0) is 6.54 Å². The highest BCUT2D eigenvalue weighted by Gasteiger charge is 2.11. The van der Waals surface area contributed by atoms with Crippen molar-refractivity contribution in [3.63, 3.8) is 0 Å². The molecule has 0 unspecified atom stereocenters. The maximum Gasteiger partial charge on any atom is 0.319 e. The Labute approximate surface area is 112 Å². The van der Waals surface area contributed by atoms with E-state index in [0.717, 1.165) is 20.3 Å². The van der Waals surface area contributed by atoms with Gasteiger partial charge in [-0.05, 0) is 22.9 Å². The summed E-state index contributed by atoms with van der Waals surface area (Å²) in [6.07, 6.45) is 2.67. The van der Waals surface area contributed by atoms with Gasteiger partial charge < -0.3 is 5.32 Å². The van der Waals surface area contributed by atoms with Gasteiger partial charge in [-0.25, -0.2) is 4.98 Å². The predicted octanol–water partition coefficient (Wildman–Crippen LogP) is 4.11. The second kappa shape index (κ2) is 4.97. The van der Waals surface area contributed by atoms with Gasteiger partial charge in [0.05, 0.1) is 16.9 Å². The fourth-order valence-corrected chi connectivity index (χ4v) is 2.86. The molecule has 0 bridgehead atoms. The highest BCUT2D eigenvalue weighted by atomic mass is 32.1. The molecule has 0 spiro atoms. The van der Waals surface area contributed by atoms with Crippen LogP contribution in [0.2, 0.25) is 0 Å². The van der Waals surface area contributed by atoms with Crippen LogP contribution in [0.1, 0.15) is 12.4 Å². The van der Waals surface area contributed by atoms with Crippen LogP contribution in [0.5, 0.6) is 0 Å². The Morgan fingerprint density at radius 3 is 3.05 bits per heavy atom. The third kappa shape index (κ3) is 2.31. The zero-order valence-electron chi connectivity index (χ0n) is 9.88. The number of nitrogens with zero attached hydrogens (tertiary/aromatic N) is 2. The van der Waals surface area contributed by atoms with Crippen LogP contribution in [0.3, 0.4) is 0 Å². The molecule has 6 heteroatoms. The third-order valence-corrected chi connectivity index (χ3v) is 3.84. The van der Waals surface area contributed by atoms with Gasteiger partial charge in [-0.2, -0.15) is 8.78 Å². The monoisotopic (exact) mass is 279 g/mol. The SMILES string of the molecule is FC(F)n1ccnc1CNc1cccc2ccsc12. The lowest BCUT2D eigenvalue weighted by Crippen LogP contribution is -2.09. The summed E-state index contributed by atoms with van der Waals surface area (Å²) < 4.78 is 27.4. The van der Waals surface area contributed by atoms with Crippen molar-refractivity contribution in [2.75, 3.05) is 5.32 Å². The molecular formula is C13H11F2N3S. The Morgan fingerprint density at radius 2 is 2.21 bits per heavy atom. The molecule has 3 aromatic rings. The molecule has 3 nitrogen and oxygen atoms in total. The van der Waals surface area contributed by atoms with Gasteiger partial charge >= 0.3 is 6.55 Å². The van der Waals surface area contributed by atoms with Gasteiger partial charge in [0.15, 0.2) is 0 Å². The topological polar surface area (TPSA) is 29.9 Å². The average molecular weight is 279 g/mol. The van der Waals surface area contributed by atoms with E-state index in [1.54, 1.807) is 11.3 Å². The van der Waals surface area contributed by atoms with Crippen LogP contribution in [0.4, 0.5) is 14.5 Å². The summed E-state index contributed by atoms with van der Waals surface area (Å²) in [5.41, 5.74) is 0.941. The van der Waals surface area contributed by atoms with Gasteiger partial charge in [0.1, 0.15) is 5.82 Å². The molecule has 98 valence electrons. The molecule has 0 saturated carbocycles. The molecule has 0 fully saturated rings. The van der Waals surface area contributed by atoms with Crippen molar-refractivity contribution in [3.05, 3.63) is 47.9 Å². The van der Waals surface area contributed by atoms with E-state index >= 15 is 0 Å². The Bertz CT molecular complexity index is 690. The lowest BCUT2D eigenvalue weighted by molar-refractivity contribution is 0.0673. The summed E-state index contributed by atoms with van der Waals surface area (Å²) in [5, 5.41) is 6.32. The van der Waals surface area contributed by atoms with Crippen molar-refractivity contribution in [1.29, 1.82) is 0 Å². The Kier molecular flexibility index (Phi) is 3.16. The molecule has 2 heterocycles. The molecule has 0 saturated heterocycles. The van der Waals surface area contributed by atoms with E-state index in [0.29, 0.717) is 5.82 Å². The molecule has 0 atom stereocenters. The second-order valence-electron chi connectivity index (χ2n) is 4.03. The fourth-order valence-electron chi connectivity index (χ4n) is 1.97. The van der Waals surface area contributed by atoms with Crippen molar-refractivity contribution in [3.8, 4) is 0 Å². The van der Waals surface area contributed by atoms with Crippen molar-refractivity contribution >= 4 is 27.1 Å². The lowest BCUT2D eigenvalue weighted by atomic mass is 10.2. The normalized spacial score (nSPS) is 11.3. The first kappa shape index (κ1) is 12.1. The zero-order valence-corrected chi connectivity index (χ0v) is 10.7. The minimum atomic E-state index is -2.56. The van der Waals surface area contributed by atoms with Crippen molar-refractivity contribution < 1.29 is 8.78 Å². The van der Waals surface area contributed by atoms with Gasteiger partial charge in [-0.15, -0.1) is 11.3 Å². The van der Waals surface area contributed by atoms with Gasteiger partial charge in [0.25, 0.3) is 0 Å². The number of thiophene rings is 1. The number of rotatable bonds is 4. The van der Waals surface area contributed by atoms with Crippen LogP contribution in [0.15, 0.2) is 42.0 Å². The summed E-state index contributed by atoms with van der Waals surface area (Å²) in [4.78, 5) is 3.94. The van der Waals surface area contributed by atoms with E-state index in [2.05, 4.69) is 10.3 Å². The van der Waals surface area contributed by atoms with Crippen LogP contribution in [-0.4, -0.2) is 9.55 Å². The largest absolute Gasteiger partial charge is 0.377 e. The number of aromatic nitrogens is 2. The van der Waals surface area contributed by atoms with Crippen LogP contribution < -0.4 is 5.32 Å². The first-order valence-electron chi connectivity index (χ1n) is 5.75. The highest BCUT2D eigenvalue weighted by Crippen LogP contribution is 2.28. The molecule has 0 aliphatic carbocycles. The van der Waals surface area contributed by atoms with Crippen molar-refractivity contribution in [1.82, 2.24) is 9.55 Å². The summed E-state index contributed by atoms with van der Waals surface area (Å²) >= 11 is 1.62. The molecule has 3 rings (SSSR count). The van der Waals surface area contributed by atoms with Gasteiger partial charge in [-0.3, -0.25) is 4.57 Å². The predicted molar refractivity (Wildman–Crippen MR) is 72.6 cm³/mol.